The van der Waals surface area contributed by atoms with Crippen molar-refractivity contribution >= 4 is 5.91 Å². The predicted molar refractivity (Wildman–Crippen MR) is 111 cm³/mol. The lowest BCUT2D eigenvalue weighted by Crippen LogP contribution is -2.26. The van der Waals surface area contributed by atoms with Gasteiger partial charge in [0, 0.05) is 18.3 Å². The van der Waals surface area contributed by atoms with Gasteiger partial charge in [0.15, 0.2) is 17.3 Å². The summed E-state index contributed by atoms with van der Waals surface area (Å²) in [5.74, 6) is 2.63. The summed E-state index contributed by atoms with van der Waals surface area (Å²) in [4.78, 5) is 16.7. The fourth-order valence-electron chi connectivity index (χ4n) is 2.74. The number of ether oxygens (including phenoxy) is 2. The van der Waals surface area contributed by atoms with Gasteiger partial charge in [-0.3, -0.25) is 4.79 Å². The lowest BCUT2D eigenvalue weighted by Gasteiger charge is -2.17. The van der Waals surface area contributed by atoms with E-state index in [1.807, 2.05) is 45.9 Å². The molecule has 1 amide bonds. The van der Waals surface area contributed by atoms with Crippen molar-refractivity contribution in [3.05, 3.63) is 35.5 Å². The normalized spacial score (nSPS) is 12.5. The topological polar surface area (TPSA) is 86.5 Å². The average molecular weight is 404 g/mol. The fraction of sp³-hybridized carbons (Fsp3) is 0.591. The number of methoxy groups -OCH3 is 1. The Balaban J connectivity index is 1.84. The van der Waals surface area contributed by atoms with Crippen LogP contribution in [0.5, 0.6) is 11.5 Å². The molecule has 0 aliphatic heterocycles. The Morgan fingerprint density at radius 3 is 2.66 bits per heavy atom. The van der Waals surface area contributed by atoms with Crippen LogP contribution in [0.25, 0.3) is 0 Å². The maximum atomic E-state index is 12.3. The van der Waals surface area contributed by atoms with Crippen LogP contribution in [0.1, 0.15) is 77.2 Å². The molecule has 2 aromatic rings. The molecule has 7 heteroatoms. The number of carbonyl (C=O) groups excluding carboxylic acids is 1. The molecule has 0 saturated carbocycles. The molecule has 1 unspecified atom stereocenters. The van der Waals surface area contributed by atoms with Crippen molar-refractivity contribution in [2.45, 2.75) is 71.8 Å². The third kappa shape index (κ3) is 6.76. The van der Waals surface area contributed by atoms with E-state index in [4.69, 9.17) is 14.0 Å². The largest absolute Gasteiger partial charge is 0.493 e. The van der Waals surface area contributed by atoms with Crippen molar-refractivity contribution in [1.29, 1.82) is 0 Å². The summed E-state index contributed by atoms with van der Waals surface area (Å²) >= 11 is 0. The molecule has 1 aromatic heterocycles. The average Bonchev–Trinajstić information content (AvgIpc) is 3.15. The van der Waals surface area contributed by atoms with E-state index in [9.17, 15) is 4.79 Å². The molecular formula is C22H33N3O4. The molecule has 2 rings (SSSR count). The van der Waals surface area contributed by atoms with Crippen LogP contribution >= 0.6 is 0 Å². The molecule has 7 nitrogen and oxygen atoms in total. The van der Waals surface area contributed by atoms with E-state index < -0.39 is 0 Å². The van der Waals surface area contributed by atoms with Gasteiger partial charge in [-0.05, 0) is 37.5 Å². The summed E-state index contributed by atoms with van der Waals surface area (Å²) in [5, 5.41) is 7.03. The van der Waals surface area contributed by atoms with Crippen LogP contribution in [0.3, 0.4) is 0 Å². The first-order chi connectivity index (χ1) is 13.7. The molecule has 0 saturated heterocycles. The molecule has 1 N–H and O–H groups in total. The maximum absolute atomic E-state index is 12.3. The van der Waals surface area contributed by atoms with E-state index in [2.05, 4.69) is 22.4 Å². The van der Waals surface area contributed by atoms with Crippen molar-refractivity contribution in [1.82, 2.24) is 15.5 Å². The third-order valence-electron chi connectivity index (χ3n) is 4.46. The summed E-state index contributed by atoms with van der Waals surface area (Å²) in [6, 6.07) is 5.61. The van der Waals surface area contributed by atoms with Crippen LogP contribution in [0.4, 0.5) is 0 Å². The number of aryl methyl sites for hydroxylation is 1. The van der Waals surface area contributed by atoms with Crippen LogP contribution in [0.15, 0.2) is 22.7 Å². The maximum Gasteiger partial charge on any atom is 0.226 e. The second-order valence-corrected chi connectivity index (χ2v) is 8.16. The van der Waals surface area contributed by atoms with Gasteiger partial charge in [0.1, 0.15) is 0 Å². The number of rotatable bonds is 10. The molecule has 29 heavy (non-hydrogen) atoms. The van der Waals surface area contributed by atoms with Gasteiger partial charge in [-0.25, -0.2) is 0 Å². The van der Waals surface area contributed by atoms with E-state index in [-0.39, 0.29) is 17.4 Å². The van der Waals surface area contributed by atoms with Gasteiger partial charge in [-0.1, -0.05) is 38.9 Å². The minimum Gasteiger partial charge on any atom is -0.493 e. The molecule has 0 radical (unpaired) electrons. The van der Waals surface area contributed by atoms with E-state index in [1.165, 1.54) is 0 Å². The monoisotopic (exact) mass is 403 g/mol. The number of hydrogen-bond donors (Lipinski definition) is 1. The Morgan fingerprint density at radius 2 is 2.03 bits per heavy atom. The molecule has 1 atom stereocenters. The van der Waals surface area contributed by atoms with Gasteiger partial charge < -0.3 is 19.3 Å². The van der Waals surface area contributed by atoms with Gasteiger partial charge in [-0.15, -0.1) is 0 Å². The zero-order valence-corrected chi connectivity index (χ0v) is 18.4. The lowest BCUT2D eigenvalue weighted by atomic mass is 9.96. The minimum atomic E-state index is -0.146. The second-order valence-electron chi connectivity index (χ2n) is 8.16. The highest BCUT2D eigenvalue weighted by molar-refractivity contribution is 5.76. The molecular weight excluding hydrogens is 370 g/mol. The number of nitrogens with one attached hydrogen (secondary N) is 1. The lowest BCUT2D eigenvalue weighted by molar-refractivity contribution is -0.121. The van der Waals surface area contributed by atoms with Gasteiger partial charge in [0.2, 0.25) is 11.8 Å². The molecule has 0 spiro atoms. The minimum absolute atomic E-state index is 0.0154. The molecule has 0 aliphatic carbocycles. The first kappa shape index (κ1) is 22.7. The molecule has 1 aromatic carbocycles. The third-order valence-corrected chi connectivity index (χ3v) is 4.46. The first-order valence-corrected chi connectivity index (χ1v) is 10.2. The quantitative estimate of drug-likeness (QED) is 0.634. The van der Waals surface area contributed by atoms with Gasteiger partial charge in [0.05, 0.1) is 19.8 Å². The highest BCUT2D eigenvalue weighted by Crippen LogP contribution is 2.30. The van der Waals surface area contributed by atoms with E-state index in [0.717, 1.165) is 12.0 Å². The first-order valence-electron chi connectivity index (χ1n) is 10.2. The summed E-state index contributed by atoms with van der Waals surface area (Å²) in [6.45, 7) is 10.8. The van der Waals surface area contributed by atoms with Crippen molar-refractivity contribution in [3.8, 4) is 11.5 Å². The van der Waals surface area contributed by atoms with E-state index in [0.29, 0.717) is 49.1 Å². The number of amides is 1. The Morgan fingerprint density at radius 1 is 1.28 bits per heavy atom. The fourth-order valence-corrected chi connectivity index (χ4v) is 2.74. The number of carbonyl (C=O) groups is 1. The van der Waals surface area contributed by atoms with Crippen molar-refractivity contribution in [2.24, 2.45) is 0 Å². The number of hydrogen-bond acceptors (Lipinski definition) is 6. The summed E-state index contributed by atoms with van der Waals surface area (Å²) < 4.78 is 16.4. The van der Waals surface area contributed by atoms with E-state index in [1.54, 1.807) is 7.11 Å². The summed E-state index contributed by atoms with van der Waals surface area (Å²) in [6.07, 6.45) is 2.56. The highest BCUT2D eigenvalue weighted by Gasteiger charge is 2.21. The van der Waals surface area contributed by atoms with Crippen LogP contribution in [0.2, 0.25) is 0 Å². The van der Waals surface area contributed by atoms with Crippen molar-refractivity contribution in [2.75, 3.05) is 13.7 Å². The molecule has 0 bridgehead atoms. The number of nitrogens with zero attached hydrogens (tertiary/aromatic N) is 2. The highest BCUT2D eigenvalue weighted by atomic mass is 16.5. The van der Waals surface area contributed by atoms with Crippen LogP contribution < -0.4 is 14.8 Å². The van der Waals surface area contributed by atoms with Crippen molar-refractivity contribution in [3.63, 3.8) is 0 Å². The standard InChI is InChI=1S/C22H33N3O4/c1-7-13-28-17-12-11-16(14-18(17)27-6)15(2)23-19(26)9-8-10-20-24-21(25-29-20)22(3,4)5/h11-12,14-15H,7-10,13H2,1-6H3,(H,23,26). The molecule has 160 valence electrons. The number of aromatic nitrogens is 2. The van der Waals surface area contributed by atoms with Crippen LogP contribution in [-0.4, -0.2) is 29.8 Å². The van der Waals surface area contributed by atoms with Gasteiger partial charge >= 0.3 is 0 Å². The molecule has 0 fully saturated rings. The number of benzene rings is 1. The SMILES string of the molecule is CCCOc1ccc(C(C)NC(=O)CCCc2nc(C(C)(C)C)no2)cc1OC. The Bertz CT molecular complexity index is 796. The summed E-state index contributed by atoms with van der Waals surface area (Å²) in [7, 11) is 1.61. The van der Waals surface area contributed by atoms with Gasteiger partial charge in [-0.2, -0.15) is 4.98 Å². The molecule has 1 heterocycles. The molecule has 0 aliphatic rings. The summed E-state index contributed by atoms with van der Waals surface area (Å²) in [5.41, 5.74) is 0.818. The van der Waals surface area contributed by atoms with Crippen LogP contribution in [0, 0.1) is 0 Å². The van der Waals surface area contributed by atoms with E-state index >= 15 is 0 Å². The Hall–Kier alpha value is -2.57. The Labute approximate surface area is 173 Å². The van der Waals surface area contributed by atoms with Crippen molar-refractivity contribution < 1.29 is 18.8 Å². The Kier molecular flexibility index (Phi) is 8.05. The zero-order valence-electron chi connectivity index (χ0n) is 18.4. The second kappa shape index (κ2) is 10.3. The van der Waals surface area contributed by atoms with Crippen LogP contribution in [-0.2, 0) is 16.6 Å². The predicted octanol–water partition coefficient (Wildman–Crippen LogP) is 4.36. The zero-order chi connectivity index (χ0) is 21.4. The smallest absolute Gasteiger partial charge is 0.226 e. The van der Waals surface area contributed by atoms with Gasteiger partial charge in [0.25, 0.3) is 0 Å².